The summed E-state index contributed by atoms with van der Waals surface area (Å²) in [4.78, 5) is 2.56. The van der Waals surface area contributed by atoms with Gasteiger partial charge in [0.1, 0.15) is 6.10 Å². The van der Waals surface area contributed by atoms with Gasteiger partial charge in [-0.05, 0) is 62.6 Å². The molecule has 4 aromatic carbocycles. The van der Waals surface area contributed by atoms with E-state index in [1.807, 2.05) is 18.2 Å². The van der Waals surface area contributed by atoms with Crippen LogP contribution in [0.25, 0.3) is 0 Å². The smallest absolute Gasteiger partial charge is 0.184 e. The SMILES string of the molecule is O[C@@H]1CC[C@@]2(O)[C@H]3Cc4ccc(OC(c5ccccc5)(c5ccccc5)c5ccccc5)c5c4[C@@]2(CCN3CC2CC2)[C@H]1O5. The molecule has 1 saturated heterocycles. The summed E-state index contributed by atoms with van der Waals surface area (Å²) in [5.41, 5.74) is 2.80. The van der Waals surface area contributed by atoms with Crippen molar-refractivity contribution >= 4 is 0 Å². The number of ether oxygens (including phenoxy) is 2. The highest BCUT2D eigenvalue weighted by Crippen LogP contribution is 2.66. The molecule has 3 aliphatic carbocycles. The Bertz CT molecular complexity index is 1590. The van der Waals surface area contributed by atoms with Gasteiger partial charge in [0.2, 0.25) is 0 Å². The second-order valence-corrected chi connectivity index (χ2v) is 13.8. The molecule has 44 heavy (non-hydrogen) atoms. The molecular formula is C39H39NO4. The molecule has 9 rings (SSSR count). The third-order valence-corrected chi connectivity index (χ3v) is 11.5. The molecule has 2 aliphatic heterocycles. The summed E-state index contributed by atoms with van der Waals surface area (Å²) in [6.45, 7) is 1.98. The van der Waals surface area contributed by atoms with Crippen LogP contribution in [0.5, 0.6) is 11.5 Å². The largest absolute Gasteiger partial charge is 0.482 e. The first-order chi connectivity index (χ1) is 21.5. The van der Waals surface area contributed by atoms with Crippen molar-refractivity contribution in [2.75, 3.05) is 13.1 Å². The van der Waals surface area contributed by atoms with Crippen LogP contribution in [0.15, 0.2) is 103 Å². The zero-order valence-electron chi connectivity index (χ0n) is 24.9. The number of nitrogens with zero attached hydrogens (tertiary/aromatic N) is 1. The molecule has 5 nitrogen and oxygen atoms in total. The fraction of sp³-hybridized carbons (Fsp3) is 0.385. The number of benzene rings is 4. The standard InChI is InChI=1S/C39H39NO4/c41-31-20-21-38(42)33-24-27-18-19-32(35-34(27)37(38,36(31)43-35)22-23-40(33)25-26-16-17-26)44-39(28-10-4-1-5-11-28,29-12-6-2-7-13-29)30-14-8-3-9-15-30/h1-15,18-19,26,31,33,36,41-42H,16-17,20-25H2/t31-,33-,36+,37+,38-/m1/s1. The normalized spacial score (nSPS) is 30.4. The van der Waals surface area contributed by atoms with Crippen molar-refractivity contribution in [1.82, 2.24) is 4.90 Å². The van der Waals surface area contributed by atoms with E-state index in [2.05, 4.69) is 89.8 Å². The number of hydrogen-bond donors (Lipinski definition) is 2. The Hall–Kier alpha value is -3.64. The van der Waals surface area contributed by atoms with Crippen molar-refractivity contribution in [1.29, 1.82) is 0 Å². The second kappa shape index (κ2) is 9.68. The Labute approximate surface area is 259 Å². The van der Waals surface area contributed by atoms with E-state index in [4.69, 9.17) is 9.47 Å². The van der Waals surface area contributed by atoms with Crippen molar-refractivity contribution in [3.63, 3.8) is 0 Å². The van der Waals surface area contributed by atoms with Gasteiger partial charge in [-0.3, -0.25) is 4.90 Å². The molecule has 0 aromatic heterocycles. The summed E-state index contributed by atoms with van der Waals surface area (Å²) in [6.07, 6.45) is 4.16. The summed E-state index contributed by atoms with van der Waals surface area (Å²) >= 11 is 0. The molecule has 224 valence electrons. The summed E-state index contributed by atoms with van der Waals surface area (Å²) in [6, 6.07) is 35.5. The van der Waals surface area contributed by atoms with Crippen molar-refractivity contribution in [3.05, 3.63) is 131 Å². The summed E-state index contributed by atoms with van der Waals surface area (Å²) < 4.78 is 14.3. The van der Waals surface area contributed by atoms with Crippen LogP contribution < -0.4 is 9.47 Å². The predicted molar refractivity (Wildman–Crippen MR) is 169 cm³/mol. The maximum atomic E-state index is 12.8. The van der Waals surface area contributed by atoms with E-state index < -0.39 is 28.8 Å². The van der Waals surface area contributed by atoms with Crippen LogP contribution in [-0.4, -0.2) is 52.1 Å². The van der Waals surface area contributed by atoms with Gasteiger partial charge < -0.3 is 19.7 Å². The average Bonchev–Trinajstić information content (AvgIpc) is 3.81. The van der Waals surface area contributed by atoms with Gasteiger partial charge in [-0.25, -0.2) is 0 Å². The van der Waals surface area contributed by atoms with Crippen LogP contribution in [0, 0.1) is 5.92 Å². The van der Waals surface area contributed by atoms with Crippen LogP contribution in [0.1, 0.15) is 59.9 Å². The van der Waals surface area contributed by atoms with Gasteiger partial charge in [0.05, 0.1) is 17.1 Å². The highest BCUT2D eigenvalue weighted by Gasteiger charge is 2.73. The number of aliphatic hydroxyl groups is 2. The minimum atomic E-state index is -0.955. The van der Waals surface area contributed by atoms with E-state index in [0.29, 0.717) is 24.3 Å². The minimum Gasteiger partial charge on any atom is -0.482 e. The van der Waals surface area contributed by atoms with Crippen LogP contribution in [0.2, 0.25) is 0 Å². The Kier molecular flexibility index (Phi) is 5.88. The van der Waals surface area contributed by atoms with Gasteiger partial charge in [-0.1, -0.05) is 97.1 Å². The van der Waals surface area contributed by atoms with E-state index in [9.17, 15) is 10.2 Å². The first kappa shape index (κ1) is 26.7. The molecular weight excluding hydrogens is 546 g/mol. The number of aliphatic hydroxyl groups excluding tert-OH is 1. The third kappa shape index (κ3) is 3.58. The number of likely N-dealkylation sites (tertiary alicyclic amines) is 1. The van der Waals surface area contributed by atoms with Gasteiger partial charge in [-0.2, -0.15) is 0 Å². The Morgan fingerprint density at radius 1 is 0.795 bits per heavy atom. The molecule has 2 bridgehead atoms. The lowest BCUT2D eigenvalue weighted by Crippen LogP contribution is -2.77. The minimum absolute atomic E-state index is 0.0396. The van der Waals surface area contributed by atoms with Gasteiger partial charge in [0, 0.05) is 34.8 Å². The van der Waals surface area contributed by atoms with Crippen molar-refractivity contribution in [2.45, 2.75) is 73.4 Å². The van der Waals surface area contributed by atoms with E-state index >= 15 is 0 Å². The molecule has 0 radical (unpaired) electrons. The maximum absolute atomic E-state index is 12.8. The highest BCUT2D eigenvalue weighted by molar-refractivity contribution is 5.64. The van der Waals surface area contributed by atoms with Crippen LogP contribution in [0.3, 0.4) is 0 Å². The summed E-state index contributed by atoms with van der Waals surface area (Å²) in [5, 5.41) is 24.3. The molecule has 2 saturated carbocycles. The van der Waals surface area contributed by atoms with Gasteiger partial charge >= 0.3 is 0 Å². The summed E-state index contributed by atoms with van der Waals surface area (Å²) in [7, 11) is 0. The lowest BCUT2D eigenvalue weighted by Gasteiger charge is -2.63. The van der Waals surface area contributed by atoms with E-state index in [0.717, 1.165) is 54.1 Å². The maximum Gasteiger partial charge on any atom is 0.184 e. The molecule has 0 unspecified atom stereocenters. The Balaban J connectivity index is 1.24. The molecule has 5 atom stereocenters. The van der Waals surface area contributed by atoms with E-state index in [-0.39, 0.29) is 6.04 Å². The predicted octanol–water partition coefficient (Wildman–Crippen LogP) is 5.98. The average molecular weight is 586 g/mol. The van der Waals surface area contributed by atoms with Gasteiger partial charge in [0.15, 0.2) is 17.1 Å². The quantitative estimate of drug-likeness (QED) is 0.261. The Morgan fingerprint density at radius 2 is 1.41 bits per heavy atom. The lowest BCUT2D eigenvalue weighted by molar-refractivity contribution is -0.208. The zero-order chi connectivity index (χ0) is 29.5. The van der Waals surface area contributed by atoms with E-state index in [1.165, 1.54) is 18.4 Å². The molecule has 5 aliphatic rings. The van der Waals surface area contributed by atoms with Gasteiger partial charge in [0.25, 0.3) is 0 Å². The van der Waals surface area contributed by atoms with Crippen molar-refractivity contribution in [2.24, 2.45) is 5.92 Å². The number of hydrogen-bond acceptors (Lipinski definition) is 5. The van der Waals surface area contributed by atoms with Crippen molar-refractivity contribution < 1.29 is 19.7 Å². The topological polar surface area (TPSA) is 62.2 Å². The highest BCUT2D eigenvalue weighted by atomic mass is 16.5. The van der Waals surface area contributed by atoms with Crippen LogP contribution in [0.4, 0.5) is 0 Å². The second-order valence-electron chi connectivity index (χ2n) is 13.8. The van der Waals surface area contributed by atoms with Crippen LogP contribution in [-0.2, 0) is 17.4 Å². The lowest BCUT2D eigenvalue weighted by atomic mass is 9.48. The molecule has 0 amide bonds. The first-order valence-electron chi connectivity index (χ1n) is 16.4. The van der Waals surface area contributed by atoms with Crippen molar-refractivity contribution in [3.8, 4) is 11.5 Å². The monoisotopic (exact) mass is 585 g/mol. The molecule has 3 fully saturated rings. The first-order valence-corrected chi connectivity index (χ1v) is 16.4. The molecule has 2 heterocycles. The fourth-order valence-corrected chi connectivity index (χ4v) is 9.39. The van der Waals surface area contributed by atoms with E-state index in [1.54, 1.807) is 0 Å². The number of rotatable bonds is 7. The van der Waals surface area contributed by atoms with Gasteiger partial charge in [-0.15, -0.1) is 0 Å². The third-order valence-electron chi connectivity index (χ3n) is 11.5. The number of piperidine rings is 1. The molecule has 5 heteroatoms. The summed E-state index contributed by atoms with van der Waals surface area (Å²) in [5.74, 6) is 2.11. The van der Waals surface area contributed by atoms with Crippen LogP contribution >= 0.6 is 0 Å². The molecule has 4 aromatic rings. The molecule has 1 spiro atoms. The molecule has 2 N–H and O–H groups in total. The Morgan fingerprint density at radius 3 is 2.00 bits per heavy atom. The zero-order valence-corrected chi connectivity index (χ0v) is 24.9. The fourth-order valence-electron chi connectivity index (χ4n) is 9.39.